The van der Waals surface area contributed by atoms with Gasteiger partial charge in [0, 0.05) is 23.4 Å². The van der Waals surface area contributed by atoms with Gasteiger partial charge in [-0.15, -0.1) is 0 Å². The first-order chi connectivity index (χ1) is 9.17. The number of benzene rings is 1. The van der Waals surface area contributed by atoms with Gasteiger partial charge in [-0.05, 0) is 24.1 Å². The standard InChI is InChI=1S/C14H18BrN3O/c1-2-4-12(16)9-14-17-13(18-19-14)8-10-5-3-6-11(15)7-10/h3,5-7,12H,2,4,8-9,16H2,1H3. The Balaban J connectivity index is 1.97. The van der Waals surface area contributed by atoms with Crippen molar-refractivity contribution in [2.24, 2.45) is 5.73 Å². The molecule has 2 rings (SSSR count). The van der Waals surface area contributed by atoms with Gasteiger partial charge in [-0.25, -0.2) is 0 Å². The second-order valence-corrected chi connectivity index (χ2v) is 5.58. The molecule has 0 aliphatic heterocycles. The highest BCUT2D eigenvalue weighted by atomic mass is 79.9. The molecule has 1 heterocycles. The third-order valence-electron chi connectivity index (χ3n) is 2.86. The number of hydrogen-bond acceptors (Lipinski definition) is 4. The lowest BCUT2D eigenvalue weighted by molar-refractivity contribution is 0.361. The molecule has 0 spiro atoms. The van der Waals surface area contributed by atoms with Crippen molar-refractivity contribution < 1.29 is 4.52 Å². The minimum absolute atomic E-state index is 0.101. The second-order valence-electron chi connectivity index (χ2n) is 4.66. The van der Waals surface area contributed by atoms with Crippen LogP contribution >= 0.6 is 15.9 Å². The second kappa shape index (κ2) is 6.82. The van der Waals surface area contributed by atoms with Gasteiger partial charge in [-0.1, -0.05) is 46.6 Å². The van der Waals surface area contributed by atoms with E-state index in [9.17, 15) is 0 Å². The first-order valence-corrected chi connectivity index (χ1v) is 7.28. The monoisotopic (exact) mass is 323 g/mol. The molecule has 19 heavy (non-hydrogen) atoms. The summed E-state index contributed by atoms with van der Waals surface area (Å²) in [5.41, 5.74) is 7.12. The van der Waals surface area contributed by atoms with Crippen molar-refractivity contribution >= 4 is 15.9 Å². The van der Waals surface area contributed by atoms with E-state index in [-0.39, 0.29) is 6.04 Å². The molecule has 0 saturated carbocycles. The molecule has 102 valence electrons. The Hall–Kier alpha value is -1.20. The van der Waals surface area contributed by atoms with Gasteiger partial charge in [-0.2, -0.15) is 4.98 Å². The molecule has 1 aromatic heterocycles. The van der Waals surface area contributed by atoms with Crippen LogP contribution in [0.5, 0.6) is 0 Å². The van der Waals surface area contributed by atoms with Crippen molar-refractivity contribution in [3.05, 3.63) is 46.0 Å². The molecule has 0 saturated heterocycles. The number of nitrogens with zero attached hydrogens (tertiary/aromatic N) is 2. The van der Waals surface area contributed by atoms with Crippen LogP contribution in [-0.2, 0) is 12.8 Å². The molecule has 4 nitrogen and oxygen atoms in total. The van der Waals surface area contributed by atoms with E-state index in [0.29, 0.717) is 24.6 Å². The van der Waals surface area contributed by atoms with Gasteiger partial charge in [0.15, 0.2) is 5.82 Å². The summed E-state index contributed by atoms with van der Waals surface area (Å²) in [6, 6.07) is 8.19. The lowest BCUT2D eigenvalue weighted by atomic mass is 10.1. The normalized spacial score (nSPS) is 12.6. The lowest BCUT2D eigenvalue weighted by Gasteiger charge is -2.05. The van der Waals surface area contributed by atoms with Crippen LogP contribution in [0, 0.1) is 0 Å². The zero-order chi connectivity index (χ0) is 13.7. The molecule has 0 bridgehead atoms. The van der Waals surface area contributed by atoms with Gasteiger partial charge >= 0.3 is 0 Å². The Labute approximate surface area is 121 Å². The van der Waals surface area contributed by atoms with Gasteiger partial charge in [0.2, 0.25) is 5.89 Å². The van der Waals surface area contributed by atoms with E-state index in [0.717, 1.165) is 22.9 Å². The molecule has 1 atom stereocenters. The van der Waals surface area contributed by atoms with Crippen molar-refractivity contribution in [2.75, 3.05) is 0 Å². The first-order valence-electron chi connectivity index (χ1n) is 6.49. The maximum absolute atomic E-state index is 5.96. The van der Waals surface area contributed by atoms with Crippen molar-refractivity contribution in [3.63, 3.8) is 0 Å². The van der Waals surface area contributed by atoms with E-state index in [2.05, 4.69) is 39.1 Å². The molecule has 0 aliphatic carbocycles. The average molecular weight is 324 g/mol. The Kier molecular flexibility index (Phi) is 5.10. The zero-order valence-electron chi connectivity index (χ0n) is 11.0. The molecule has 0 amide bonds. The fourth-order valence-corrected chi connectivity index (χ4v) is 2.42. The van der Waals surface area contributed by atoms with Gasteiger partial charge in [0.25, 0.3) is 0 Å². The maximum Gasteiger partial charge on any atom is 0.228 e. The van der Waals surface area contributed by atoms with Crippen molar-refractivity contribution in [1.82, 2.24) is 10.1 Å². The minimum atomic E-state index is 0.101. The van der Waals surface area contributed by atoms with E-state index < -0.39 is 0 Å². The quantitative estimate of drug-likeness (QED) is 0.887. The van der Waals surface area contributed by atoms with E-state index in [1.165, 1.54) is 0 Å². The van der Waals surface area contributed by atoms with Gasteiger partial charge in [-0.3, -0.25) is 0 Å². The SMILES string of the molecule is CCCC(N)Cc1nc(Cc2cccc(Br)c2)no1. The summed E-state index contributed by atoms with van der Waals surface area (Å²) in [6.07, 6.45) is 3.37. The molecule has 2 aromatic rings. The summed E-state index contributed by atoms with van der Waals surface area (Å²) >= 11 is 3.45. The lowest BCUT2D eigenvalue weighted by Crippen LogP contribution is -2.22. The zero-order valence-corrected chi connectivity index (χ0v) is 12.6. The predicted molar refractivity (Wildman–Crippen MR) is 77.8 cm³/mol. The molecule has 1 unspecified atom stereocenters. The van der Waals surface area contributed by atoms with Crippen LogP contribution in [0.4, 0.5) is 0 Å². The Morgan fingerprint density at radius 1 is 1.42 bits per heavy atom. The van der Waals surface area contributed by atoms with Crippen LogP contribution in [0.2, 0.25) is 0 Å². The third kappa shape index (κ3) is 4.44. The van der Waals surface area contributed by atoms with Crippen LogP contribution in [0.25, 0.3) is 0 Å². The molecular formula is C14H18BrN3O. The highest BCUT2D eigenvalue weighted by Gasteiger charge is 2.11. The van der Waals surface area contributed by atoms with Gasteiger partial charge in [0.05, 0.1) is 0 Å². The Morgan fingerprint density at radius 3 is 3.00 bits per heavy atom. The average Bonchev–Trinajstić information content (AvgIpc) is 2.76. The maximum atomic E-state index is 5.96. The molecular weight excluding hydrogens is 306 g/mol. The highest BCUT2D eigenvalue weighted by molar-refractivity contribution is 9.10. The van der Waals surface area contributed by atoms with E-state index in [4.69, 9.17) is 10.3 Å². The van der Waals surface area contributed by atoms with Crippen molar-refractivity contribution in [2.45, 2.75) is 38.6 Å². The molecule has 1 aromatic carbocycles. The van der Waals surface area contributed by atoms with Crippen molar-refractivity contribution in [1.29, 1.82) is 0 Å². The number of rotatable bonds is 6. The van der Waals surface area contributed by atoms with Crippen LogP contribution < -0.4 is 5.73 Å². The Morgan fingerprint density at radius 2 is 2.26 bits per heavy atom. The van der Waals surface area contributed by atoms with E-state index in [1.54, 1.807) is 0 Å². The van der Waals surface area contributed by atoms with Crippen LogP contribution in [0.3, 0.4) is 0 Å². The smallest absolute Gasteiger partial charge is 0.228 e. The summed E-state index contributed by atoms with van der Waals surface area (Å²) in [7, 11) is 0. The van der Waals surface area contributed by atoms with Crippen LogP contribution in [0.1, 0.15) is 37.0 Å². The highest BCUT2D eigenvalue weighted by Crippen LogP contribution is 2.14. The summed E-state index contributed by atoms with van der Waals surface area (Å²) in [5, 5.41) is 4.00. The van der Waals surface area contributed by atoms with Crippen molar-refractivity contribution in [3.8, 4) is 0 Å². The number of nitrogens with two attached hydrogens (primary N) is 1. The Bertz CT molecular complexity index is 527. The van der Waals surface area contributed by atoms with Gasteiger partial charge < -0.3 is 10.3 Å². The van der Waals surface area contributed by atoms with Crippen LogP contribution in [-0.4, -0.2) is 16.2 Å². The number of aromatic nitrogens is 2. The summed E-state index contributed by atoms with van der Waals surface area (Å²) in [6.45, 7) is 2.12. The first kappa shape index (κ1) is 14.2. The number of hydrogen-bond donors (Lipinski definition) is 1. The molecule has 0 radical (unpaired) electrons. The molecule has 0 fully saturated rings. The summed E-state index contributed by atoms with van der Waals surface area (Å²) < 4.78 is 6.29. The fourth-order valence-electron chi connectivity index (χ4n) is 1.97. The topological polar surface area (TPSA) is 64.9 Å². The summed E-state index contributed by atoms with van der Waals surface area (Å²) in [5.74, 6) is 1.34. The third-order valence-corrected chi connectivity index (χ3v) is 3.35. The molecule has 2 N–H and O–H groups in total. The molecule has 5 heteroatoms. The number of halogens is 1. The largest absolute Gasteiger partial charge is 0.339 e. The fraction of sp³-hybridized carbons (Fsp3) is 0.429. The van der Waals surface area contributed by atoms with E-state index in [1.807, 2.05) is 18.2 Å². The summed E-state index contributed by atoms with van der Waals surface area (Å²) in [4.78, 5) is 4.38. The van der Waals surface area contributed by atoms with Crippen LogP contribution in [0.15, 0.2) is 33.3 Å². The molecule has 0 aliphatic rings. The van der Waals surface area contributed by atoms with E-state index >= 15 is 0 Å². The van der Waals surface area contributed by atoms with Gasteiger partial charge in [0.1, 0.15) is 0 Å². The predicted octanol–water partition coefficient (Wildman–Crippen LogP) is 3.09. The minimum Gasteiger partial charge on any atom is -0.339 e.